The number of hydrogen-bond acceptors (Lipinski definition) is 6. The maximum absolute atomic E-state index is 13.9. The largest absolute Gasteiger partial charge is 0.436 e. The number of oxazole rings is 1. The molecule has 8 nitrogen and oxygen atoms in total. The molecule has 0 aliphatic carbocycles. The number of rotatable bonds is 4. The van der Waals surface area contributed by atoms with Crippen molar-refractivity contribution < 1.29 is 22.9 Å². The maximum Gasteiger partial charge on any atom is 0.305 e. The van der Waals surface area contributed by atoms with Crippen molar-refractivity contribution in [2.45, 2.75) is 0 Å². The lowest BCUT2D eigenvalue weighted by Crippen LogP contribution is -2.15. The van der Waals surface area contributed by atoms with Crippen molar-refractivity contribution in [3.8, 4) is 11.5 Å². The summed E-state index contributed by atoms with van der Waals surface area (Å²) >= 11 is 0. The average Bonchev–Trinajstić information content (AvgIpc) is 3.12. The predicted octanol–water partition coefficient (Wildman–Crippen LogP) is 4.33. The Labute approximate surface area is 161 Å². The number of carbonyl (C=O) groups is 1. The van der Waals surface area contributed by atoms with Crippen molar-refractivity contribution in [1.29, 1.82) is 0 Å². The quantitative estimate of drug-likeness (QED) is 0.406. The number of nitro benzene ring substituents is 1. The van der Waals surface area contributed by atoms with Crippen molar-refractivity contribution in [2.24, 2.45) is 0 Å². The summed E-state index contributed by atoms with van der Waals surface area (Å²) in [6.07, 6.45) is 2.75. The van der Waals surface area contributed by atoms with Gasteiger partial charge in [-0.3, -0.25) is 19.9 Å². The fourth-order valence-electron chi connectivity index (χ4n) is 2.67. The summed E-state index contributed by atoms with van der Waals surface area (Å²) in [5, 5.41) is 13.2. The molecule has 0 bridgehead atoms. The molecule has 4 rings (SSSR count). The number of nitrogens with one attached hydrogen (secondary N) is 1. The monoisotopic (exact) mass is 396 g/mol. The second-order valence-corrected chi connectivity index (χ2v) is 5.94. The standard InChI is InChI=1S/C19H10F2N4O4/c20-13-7-14(21)16(25(27)28)6-12(13)18(26)23-11-5-10(8-22-9-11)19-24-15-3-1-2-4-17(15)29-19/h1-9H,(H,23,26). The fraction of sp³-hybridized carbons (Fsp3) is 0. The lowest BCUT2D eigenvalue weighted by Gasteiger charge is -2.07. The number of nitro groups is 1. The van der Waals surface area contributed by atoms with E-state index < -0.39 is 33.7 Å². The van der Waals surface area contributed by atoms with E-state index in [1.165, 1.54) is 18.5 Å². The maximum atomic E-state index is 13.9. The van der Waals surface area contributed by atoms with Crippen molar-refractivity contribution in [2.75, 3.05) is 5.32 Å². The van der Waals surface area contributed by atoms with Crippen molar-refractivity contribution in [3.63, 3.8) is 0 Å². The molecule has 0 aliphatic heterocycles. The van der Waals surface area contributed by atoms with Crippen LogP contribution in [0.2, 0.25) is 0 Å². The zero-order valence-electron chi connectivity index (χ0n) is 14.4. The summed E-state index contributed by atoms with van der Waals surface area (Å²) in [5.74, 6) is -3.34. The fourth-order valence-corrected chi connectivity index (χ4v) is 2.67. The first kappa shape index (κ1) is 18.2. The Morgan fingerprint density at radius 1 is 1.10 bits per heavy atom. The highest BCUT2D eigenvalue weighted by atomic mass is 19.1. The number of carbonyl (C=O) groups excluding carboxylic acids is 1. The summed E-state index contributed by atoms with van der Waals surface area (Å²) in [6.45, 7) is 0. The van der Waals surface area contributed by atoms with E-state index in [1.54, 1.807) is 24.3 Å². The number of amides is 1. The number of pyridine rings is 1. The van der Waals surface area contributed by atoms with Gasteiger partial charge in [-0.15, -0.1) is 0 Å². The Bertz CT molecular complexity index is 1240. The minimum atomic E-state index is -1.37. The van der Waals surface area contributed by atoms with Gasteiger partial charge < -0.3 is 9.73 Å². The normalized spacial score (nSPS) is 10.8. The smallest absolute Gasteiger partial charge is 0.305 e. The molecule has 0 radical (unpaired) electrons. The third-order valence-electron chi connectivity index (χ3n) is 4.01. The molecule has 2 aromatic heterocycles. The van der Waals surface area contributed by atoms with Gasteiger partial charge in [-0.05, 0) is 18.2 Å². The predicted molar refractivity (Wildman–Crippen MR) is 98.2 cm³/mol. The number of fused-ring (bicyclic) bond motifs is 1. The highest BCUT2D eigenvalue weighted by Gasteiger charge is 2.22. The van der Waals surface area contributed by atoms with Gasteiger partial charge in [0.2, 0.25) is 11.7 Å². The molecule has 0 saturated heterocycles. The van der Waals surface area contributed by atoms with Gasteiger partial charge in [0.1, 0.15) is 11.3 Å². The number of anilines is 1. The first-order valence-electron chi connectivity index (χ1n) is 8.18. The van der Waals surface area contributed by atoms with E-state index in [1.807, 2.05) is 0 Å². The van der Waals surface area contributed by atoms with E-state index >= 15 is 0 Å². The summed E-state index contributed by atoms with van der Waals surface area (Å²) < 4.78 is 33.0. The Morgan fingerprint density at radius 2 is 1.90 bits per heavy atom. The second-order valence-electron chi connectivity index (χ2n) is 5.94. The van der Waals surface area contributed by atoms with Gasteiger partial charge in [0.05, 0.1) is 27.9 Å². The van der Waals surface area contributed by atoms with Crippen LogP contribution in [0.5, 0.6) is 0 Å². The minimum absolute atomic E-state index is 0.168. The molecule has 4 aromatic rings. The Hall–Kier alpha value is -4.21. The van der Waals surface area contributed by atoms with Crippen LogP contribution < -0.4 is 5.32 Å². The molecule has 10 heteroatoms. The zero-order chi connectivity index (χ0) is 20.5. The molecule has 0 unspecified atom stereocenters. The van der Waals surface area contributed by atoms with E-state index in [2.05, 4.69) is 15.3 Å². The van der Waals surface area contributed by atoms with Crippen molar-refractivity contribution >= 4 is 28.4 Å². The summed E-state index contributed by atoms with van der Waals surface area (Å²) in [4.78, 5) is 30.4. The molecule has 29 heavy (non-hydrogen) atoms. The molecule has 0 aliphatic rings. The van der Waals surface area contributed by atoms with Crippen LogP contribution >= 0.6 is 0 Å². The average molecular weight is 396 g/mol. The number of hydrogen-bond donors (Lipinski definition) is 1. The van der Waals surface area contributed by atoms with Gasteiger partial charge in [-0.2, -0.15) is 4.39 Å². The molecule has 1 amide bonds. The molecule has 0 spiro atoms. The van der Waals surface area contributed by atoms with E-state index in [0.29, 0.717) is 28.8 Å². The number of benzene rings is 2. The summed E-state index contributed by atoms with van der Waals surface area (Å²) in [5.41, 5.74) is 0.140. The second kappa shape index (κ2) is 7.08. The Balaban J connectivity index is 1.64. The zero-order valence-corrected chi connectivity index (χ0v) is 14.4. The van der Waals surface area contributed by atoms with E-state index in [0.717, 1.165) is 0 Å². The number of halogens is 2. The van der Waals surface area contributed by atoms with E-state index in [9.17, 15) is 23.7 Å². The van der Waals surface area contributed by atoms with Crippen LogP contribution in [0, 0.1) is 21.7 Å². The van der Waals surface area contributed by atoms with Gasteiger partial charge in [0, 0.05) is 18.3 Å². The number of nitrogens with zero attached hydrogens (tertiary/aromatic N) is 3. The number of aromatic nitrogens is 2. The van der Waals surface area contributed by atoms with E-state index in [4.69, 9.17) is 4.42 Å². The molecule has 0 fully saturated rings. The van der Waals surface area contributed by atoms with Crippen LogP contribution in [0.3, 0.4) is 0 Å². The first-order valence-corrected chi connectivity index (χ1v) is 8.18. The van der Waals surface area contributed by atoms with Crippen LogP contribution in [0.4, 0.5) is 20.2 Å². The van der Waals surface area contributed by atoms with Gasteiger partial charge in [-0.25, -0.2) is 9.37 Å². The van der Waals surface area contributed by atoms with Gasteiger partial charge in [0.15, 0.2) is 5.58 Å². The van der Waals surface area contributed by atoms with Crippen LogP contribution in [0.25, 0.3) is 22.6 Å². The molecule has 0 saturated carbocycles. The minimum Gasteiger partial charge on any atom is -0.436 e. The van der Waals surface area contributed by atoms with Gasteiger partial charge in [0.25, 0.3) is 5.91 Å². The highest BCUT2D eigenvalue weighted by molar-refractivity contribution is 6.05. The van der Waals surface area contributed by atoms with Crippen LogP contribution in [-0.4, -0.2) is 20.8 Å². The van der Waals surface area contributed by atoms with Gasteiger partial charge >= 0.3 is 5.69 Å². The van der Waals surface area contributed by atoms with Crippen molar-refractivity contribution in [3.05, 3.63) is 82.2 Å². The third-order valence-corrected chi connectivity index (χ3v) is 4.01. The third kappa shape index (κ3) is 3.50. The lowest BCUT2D eigenvalue weighted by molar-refractivity contribution is -0.387. The molecule has 2 aromatic carbocycles. The molecule has 1 N–H and O–H groups in total. The van der Waals surface area contributed by atoms with Crippen LogP contribution in [0.1, 0.15) is 10.4 Å². The summed E-state index contributed by atoms with van der Waals surface area (Å²) in [6, 6.07) is 9.44. The highest BCUT2D eigenvalue weighted by Crippen LogP contribution is 2.26. The van der Waals surface area contributed by atoms with Crippen LogP contribution in [0.15, 0.2) is 59.3 Å². The lowest BCUT2D eigenvalue weighted by atomic mass is 10.1. The number of para-hydroxylation sites is 2. The Kier molecular flexibility index (Phi) is 4.43. The molecular weight excluding hydrogens is 386 g/mol. The van der Waals surface area contributed by atoms with E-state index in [-0.39, 0.29) is 11.6 Å². The molecule has 144 valence electrons. The topological polar surface area (TPSA) is 111 Å². The van der Waals surface area contributed by atoms with Crippen molar-refractivity contribution in [1.82, 2.24) is 9.97 Å². The molecule has 0 atom stereocenters. The summed E-state index contributed by atoms with van der Waals surface area (Å²) in [7, 11) is 0. The molecule has 2 heterocycles. The van der Waals surface area contributed by atoms with Crippen LogP contribution in [-0.2, 0) is 0 Å². The SMILES string of the molecule is O=C(Nc1cncc(-c2nc3ccccc3o2)c1)c1cc([N+](=O)[O-])c(F)cc1F. The molecular formula is C19H10F2N4O4. The Morgan fingerprint density at radius 3 is 2.66 bits per heavy atom. The first-order chi connectivity index (χ1) is 13.9. The van der Waals surface area contributed by atoms with Gasteiger partial charge in [-0.1, -0.05) is 12.1 Å².